The number of hydrogen-bond acceptors (Lipinski definition) is 5. The van der Waals surface area contributed by atoms with Crippen LogP contribution in [0.1, 0.15) is 18.1 Å². The molecule has 1 aromatic rings. The van der Waals surface area contributed by atoms with Crippen LogP contribution >= 0.6 is 11.8 Å². The Kier molecular flexibility index (Phi) is 5.13. The van der Waals surface area contributed by atoms with Crippen molar-refractivity contribution in [1.29, 1.82) is 0 Å². The Hall–Kier alpha value is -2.28. The molecule has 132 valence electrons. The lowest BCUT2D eigenvalue weighted by atomic mass is 10.1. The summed E-state index contributed by atoms with van der Waals surface area (Å²) < 4.78 is 0. The van der Waals surface area contributed by atoms with Gasteiger partial charge in [-0.1, -0.05) is 53.7 Å². The summed E-state index contributed by atoms with van der Waals surface area (Å²) in [6.45, 7) is 4.60. The number of amidine groups is 1. The van der Waals surface area contributed by atoms with Crippen molar-refractivity contribution in [2.75, 3.05) is 13.6 Å². The molecule has 6 nitrogen and oxygen atoms in total. The fourth-order valence-corrected chi connectivity index (χ4v) is 3.89. The molecule has 2 aliphatic rings. The highest BCUT2D eigenvalue weighted by molar-refractivity contribution is 8.13. The Labute approximate surface area is 152 Å². The average Bonchev–Trinajstić information content (AvgIpc) is 2.96. The van der Waals surface area contributed by atoms with E-state index in [1.165, 1.54) is 16.0 Å². The first-order chi connectivity index (χ1) is 12.0. The topological polar surface area (TPSA) is 65.0 Å². The molecule has 3 rings (SSSR count). The number of thioether (sulfide) groups is 1. The molecular weight excluding hydrogens is 336 g/mol. The lowest BCUT2D eigenvalue weighted by Gasteiger charge is -2.35. The first kappa shape index (κ1) is 17.5. The molecule has 1 saturated heterocycles. The summed E-state index contributed by atoms with van der Waals surface area (Å²) in [5.74, 6) is 0.483. The molecule has 1 fully saturated rings. The van der Waals surface area contributed by atoms with Crippen molar-refractivity contribution in [2.24, 2.45) is 4.99 Å². The fourth-order valence-electron chi connectivity index (χ4n) is 2.86. The number of benzene rings is 1. The third-order valence-electron chi connectivity index (χ3n) is 4.35. The highest BCUT2D eigenvalue weighted by atomic mass is 32.2. The monoisotopic (exact) mass is 358 g/mol. The van der Waals surface area contributed by atoms with Crippen LogP contribution in [0.2, 0.25) is 0 Å². The standard InChI is InChI=1S/C18H22N4O2S/c1-4-5-10-22-14-15(21(3)17(24)20-16(14)23)19-18(22)25-11-13-8-6-12(2)7-9-13/h4-9,14-15H,10-11H2,1-3H3,(H,20,23,24)/b5-4+. The quantitative estimate of drug-likeness (QED) is 0.839. The van der Waals surface area contributed by atoms with E-state index in [9.17, 15) is 9.59 Å². The zero-order chi connectivity index (χ0) is 18.0. The van der Waals surface area contributed by atoms with Gasteiger partial charge >= 0.3 is 6.03 Å². The third kappa shape index (κ3) is 3.56. The number of aryl methyl sites for hydroxylation is 1. The molecule has 25 heavy (non-hydrogen) atoms. The van der Waals surface area contributed by atoms with Gasteiger partial charge in [0.15, 0.2) is 17.4 Å². The van der Waals surface area contributed by atoms with Gasteiger partial charge in [-0.15, -0.1) is 0 Å². The van der Waals surface area contributed by atoms with Gasteiger partial charge in [-0.25, -0.2) is 9.79 Å². The summed E-state index contributed by atoms with van der Waals surface area (Å²) in [6, 6.07) is 7.51. The van der Waals surface area contributed by atoms with Gasteiger partial charge in [-0.2, -0.15) is 0 Å². The van der Waals surface area contributed by atoms with Crippen LogP contribution in [0, 0.1) is 6.92 Å². The highest BCUT2D eigenvalue weighted by Gasteiger charge is 2.48. The van der Waals surface area contributed by atoms with Crippen molar-refractivity contribution in [3.63, 3.8) is 0 Å². The second-order valence-electron chi connectivity index (χ2n) is 6.17. The normalized spacial score (nSPS) is 23.1. The summed E-state index contributed by atoms with van der Waals surface area (Å²) >= 11 is 1.60. The van der Waals surface area contributed by atoms with Crippen LogP contribution in [0.3, 0.4) is 0 Å². The number of allylic oxidation sites excluding steroid dienone is 1. The molecule has 2 unspecified atom stereocenters. The second kappa shape index (κ2) is 7.31. The zero-order valence-corrected chi connectivity index (χ0v) is 15.4. The maximum atomic E-state index is 12.4. The van der Waals surface area contributed by atoms with Crippen LogP contribution < -0.4 is 5.32 Å². The molecule has 0 aliphatic carbocycles. The maximum Gasteiger partial charge on any atom is 0.325 e. The van der Waals surface area contributed by atoms with Crippen LogP contribution in [0.15, 0.2) is 41.4 Å². The van der Waals surface area contributed by atoms with Crippen molar-refractivity contribution in [3.05, 3.63) is 47.5 Å². The van der Waals surface area contributed by atoms with Crippen LogP contribution in [-0.2, 0) is 10.5 Å². The summed E-state index contributed by atoms with van der Waals surface area (Å²) in [5, 5.41) is 3.20. The van der Waals surface area contributed by atoms with Gasteiger partial charge < -0.3 is 9.80 Å². The van der Waals surface area contributed by atoms with E-state index in [0.29, 0.717) is 6.54 Å². The largest absolute Gasteiger partial charge is 0.332 e. The molecule has 2 atom stereocenters. The number of carbonyl (C=O) groups is 2. The lowest BCUT2D eigenvalue weighted by Crippen LogP contribution is -2.63. The molecule has 0 saturated carbocycles. The van der Waals surface area contributed by atoms with E-state index in [1.807, 2.05) is 24.0 Å². The number of urea groups is 1. The maximum absolute atomic E-state index is 12.4. The van der Waals surface area contributed by atoms with E-state index in [-0.39, 0.29) is 5.91 Å². The van der Waals surface area contributed by atoms with Gasteiger partial charge in [0.25, 0.3) is 5.91 Å². The van der Waals surface area contributed by atoms with Crippen LogP contribution in [0.4, 0.5) is 4.79 Å². The number of amides is 3. The number of rotatable bonds is 4. The second-order valence-corrected chi connectivity index (χ2v) is 7.11. The molecule has 0 spiro atoms. The predicted molar refractivity (Wildman–Crippen MR) is 100 cm³/mol. The van der Waals surface area contributed by atoms with Gasteiger partial charge in [-0.3, -0.25) is 10.1 Å². The zero-order valence-electron chi connectivity index (χ0n) is 14.6. The van der Waals surface area contributed by atoms with Crippen LogP contribution in [0.5, 0.6) is 0 Å². The Balaban J connectivity index is 1.80. The third-order valence-corrected chi connectivity index (χ3v) is 5.42. The molecule has 7 heteroatoms. The van der Waals surface area contributed by atoms with Gasteiger partial charge in [-0.05, 0) is 19.4 Å². The van der Waals surface area contributed by atoms with E-state index >= 15 is 0 Å². The Morgan fingerprint density at radius 2 is 2.00 bits per heavy atom. The molecule has 1 N–H and O–H groups in total. The molecule has 0 bridgehead atoms. The van der Waals surface area contributed by atoms with Crippen molar-refractivity contribution < 1.29 is 9.59 Å². The van der Waals surface area contributed by atoms with Gasteiger partial charge in [0, 0.05) is 19.3 Å². The van der Waals surface area contributed by atoms with Crippen LogP contribution in [-0.4, -0.2) is 52.7 Å². The number of hydrogen-bond donors (Lipinski definition) is 1. The van der Waals surface area contributed by atoms with Crippen molar-refractivity contribution >= 4 is 28.9 Å². The SMILES string of the molecule is C/C=C/CN1C(SCc2ccc(C)cc2)=NC2C1C(=O)NC(=O)N2C. The summed E-state index contributed by atoms with van der Waals surface area (Å²) in [6.07, 6.45) is 3.48. The summed E-state index contributed by atoms with van der Waals surface area (Å²) in [5.41, 5.74) is 2.43. The Morgan fingerprint density at radius 3 is 2.68 bits per heavy atom. The molecule has 0 radical (unpaired) electrons. The minimum Gasteiger partial charge on any atom is -0.332 e. The van der Waals surface area contributed by atoms with E-state index in [1.54, 1.807) is 18.8 Å². The predicted octanol–water partition coefficient (Wildman–Crippen LogP) is 2.35. The van der Waals surface area contributed by atoms with Crippen molar-refractivity contribution in [2.45, 2.75) is 31.8 Å². The Morgan fingerprint density at radius 1 is 1.28 bits per heavy atom. The van der Waals surface area contributed by atoms with E-state index in [0.717, 1.165) is 10.9 Å². The summed E-state index contributed by atoms with van der Waals surface area (Å²) in [7, 11) is 1.67. The number of nitrogens with zero attached hydrogens (tertiary/aromatic N) is 3. The number of imide groups is 1. The molecular formula is C18H22N4O2S. The van der Waals surface area contributed by atoms with E-state index in [2.05, 4.69) is 41.5 Å². The first-order valence-corrected chi connectivity index (χ1v) is 9.21. The molecule has 2 aliphatic heterocycles. The van der Waals surface area contributed by atoms with Crippen LogP contribution in [0.25, 0.3) is 0 Å². The molecule has 1 aromatic carbocycles. The lowest BCUT2D eigenvalue weighted by molar-refractivity contribution is -0.126. The van der Waals surface area contributed by atoms with Crippen molar-refractivity contribution in [3.8, 4) is 0 Å². The number of aliphatic imine (C=N–C) groups is 1. The number of nitrogens with one attached hydrogen (secondary N) is 1. The van der Waals surface area contributed by atoms with Crippen molar-refractivity contribution in [1.82, 2.24) is 15.1 Å². The van der Waals surface area contributed by atoms with E-state index in [4.69, 9.17) is 0 Å². The number of carbonyl (C=O) groups excluding carboxylic acids is 2. The van der Waals surface area contributed by atoms with Gasteiger partial charge in [0.05, 0.1) is 0 Å². The average molecular weight is 358 g/mol. The minimum atomic E-state index is -0.473. The van der Waals surface area contributed by atoms with E-state index < -0.39 is 18.2 Å². The minimum absolute atomic E-state index is 0.285. The fraction of sp³-hybridized carbons (Fsp3) is 0.389. The van der Waals surface area contributed by atoms with Gasteiger partial charge in [0.2, 0.25) is 0 Å². The molecule has 2 heterocycles. The molecule has 0 aromatic heterocycles. The smallest absolute Gasteiger partial charge is 0.325 e. The highest BCUT2D eigenvalue weighted by Crippen LogP contribution is 2.29. The Bertz CT molecular complexity index is 729. The number of likely N-dealkylation sites (N-methyl/N-ethyl adjacent to an activating group) is 1. The summed E-state index contributed by atoms with van der Waals surface area (Å²) in [4.78, 5) is 32.4. The first-order valence-electron chi connectivity index (χ1n) is 8.23. The number of fused-ring (bicyclic) bond motifs is 1. The molecule has 3 amide bonds. The van der Waals surface area contributed by atoms with Gasteiger partial charge in [0.1, 0.15) is 0 Å².